The molecular formula is C12H22ClN3O2S. The third-order valence-electron chi connectivity index (χ3n) is 2.65. The van der Waals surface area contributed by atoms with Crippen LogP contribution in [-0.2, 0) is 10.5 Å². The van der Waals surface area contributed by atoms with Crippen LogP contribution in [0.2, 0.25) is 0 Å². The summed E-state index contributed by atoms with van der Waals surface area (Å²) in [5, 5.41) is 6.77. The van der Waals surface area contributed by atoms with E-state index in [2.05, 4.69) is 10.5 Å². The molecule has 0 saturated heterocycles. The molecular weight excluding hydrogens is 286 g/mol. The number of nitrogens with zero attached hydrogens (tertiary/aromatic N) is 1. The number of hydrogen-bond acceptors (Lipinski definition) is 5. The molecule has 1 heterocycles. The zero-order valence-corrected chi connectivity index (χ0v) is 13.4. The number of hydrogen-bond donors (Lipinski definition) is 2. The molecule has 1 amide bonds. The van der Waals surface area contributed by atoms with Gasteiger partial charge in [0.15, 0.2) is 0 Å². The Kier molecular flexibility index (Phi) is 7.47. The highest BCUT2D eigenvalue weighted by Crippen LogP contribution is 2.19. The average molecular weight is 308 g/mol. The van der Waals surface area contributed by atoms with Crippen LogP contribution in [0, 0.1) is 13.8 Å². The number of nitrogens with one attached hydrogen (secondary N) is 1. The first-order valence-corrected chi connectivity index (χ1v) is 7.02. The summed E-state index contributed by atoms with van der Waals surface area (Å²) in [7, 11) is 0. The number of amides is 1. The van der Waals surface area contributed by atoms with Crippen molar-refractivity contribution in [3.05, 3.63) is 17.0 Å². The number of aromatic nitrogens is 1. The maximum atomic E-state index is 11.7. The molecule has 0 aliphatic heterocycles. The van der Waals surface area contributed by atoms with Crippen molar-refractivity contribution in [2.45, 2.75) is 39.0 Å². The molecule has 0 atom stereocenters. The fraction of sp³-hybridized carbons (Fsp3) is 0.667. The zero-order chi connectivity index (χ0) is 13.8. The second kappa shape index (κ2) is 7.77. The summed E-state index contributed by atoms with van der Waals surface area (Å²) in [6.45, 7) is 8.03. The Bertz CT molecular complexity index is 402. The molecule has 0 aromatic carbocycles. The first-order chi connectivity index (χ1) is 8.35. The monoisotopic (exact) mass is 307 g/mol. The minimum absolute atomic E-state index is 0. The quantitative estimate of drug-likeness (QED) is 0.837. The van der Waals surface area contributed by atoms with Crippen LogP contribution in [-0.4, -0.2) is 28.9 Å². The van der Waals surface area contributed by atoms with Crippen LogP contribution in [0.3, 0.4) is 0 Å². The maximum absolute atomic E-state index is 11.7. The molecule has 5 nitrogen and oxygen atoms in total. The van der Waals surface area contributed by atoms with E-state index in [1.165, 1.54) is 0 Å². The van der Waals surface area contributed by atoms with Crippen LogP contribution < -0.4 is 11.1 Å². The molecule has 0 spiro atoms. The molecule has 1 aromatic heterocycles. The number of halogens is 1. The van der Waals surface area contributed by atoms with Gasteiger partial charge in [0.25, 0.3) is 0 Å². The molecule has 0 aliphatic carbocycles. The summed E-state index contributed by atoms with van der Waals surface area (Å²) in [4.78, 5) is 11.7. The number of carbonyl (C=O) groups is 1. The number of nitrogens with two attached hydrogens (primary N) is 1. The normalized spacial score (nSPS) is 11.0. The van der Waals surface area contributed by atoms with E-state index in [0.717, 1.165) is 22.8 Å². The highest BCUT2D eigenvalue weighted by atomic mass is 35.5. The van der Waals surface area contributed by atoms with E-state index >= 15 is 0 Å². The molecule has 19 heavy (non-hydrogen) atoms. The fourth-order valence-electron chi connectivity index (χ4n) is 1.42. The van der Waals surface area contributed by atoms with E-state index < -0.39 is 0 Å². The molecule has 0 fully saturated rings. The van der Waals surface area contributed by atoms with Crippen molar-refractivity contribution in [1.82, 2.24) is 10.5 Å². The SMILES string of the molecule is Cc1noc(C)c1CSCC(=O)NC(C)(C)CN.Cl. The largest absolute Gasteiger partial charge is 0.361 e. The van der Waals surface area contributed by atoms with Crippen LogP contribution in [0.25, 0.3) is 0 Å². The third-order valence-corrected chi connectivity index (χ3v) is 3.61. The lowest BCUT2D eigenvalue weighted by Gasteiger charge is -2.24. The molecule has 1 aromatic rings. The second-order valence-electron chi connectivity index (χ2n) is 4.93. The predicted octanol–water partition coefficient (Wildman–Crippen LogP) is 1.80. The van der Waals surface area contributed by atoms with Crippen LogP contribution >= 0.6 is 24.2 Å². The summed E-state index contributed by atoms with van der Waals surface area (Å²) in [5.74, 6) is 1.97. The van der Waals surface area contributed by atoms with Crippen molar-refractivity contribution < 1.29 is 9.32 Å². The van der Waals surface area contributed by atoms with E-state index in [9.17, 15) is 4.79 Å². The summed E-state index contributed by atoms with van der Waals surface area (Å²) in [6.07, 6.45) is 0. The number of thioether (sulfide) groups is 1. The van der Waals surface area contributed by atoms with Gasteiger partial charge in [-0.2, -0.15) is 0 Å². The minimum Gasteiger partial charge on any atom is -0.361 e. The van der Waals surface area contributed by atoms with Gasteiger partial charge in [0.05, 0.1) is 11.4 Å². The van der Waals surface area contributed by atoms with Gasteiger partial charge in [-0.25, -0.2) is 0 Å². The summed E-state index contributed by atoms with van der Waals surface area (Å²) in [6, 6.07) is 0. The maximum Gasteiger partial charge on any atom is 0.230 e. The summed E-state index contributed by atoms with van der Waals surface area (Å²) < 4.78 is 5.07. The van der Waals surface area contributed by atoms with E-state index in [0.29, 0.717) is 12.3 Å². The highest BCUT2D eigenvalue weighted by Gasteiger charge is 2.18. The lowest BCUT2D eigenvalue weighted by atomic mass is 10.1. The van der Waals surface area contributed by atoms with E-state index in [-0.39, 0.29) is 23.9 Å². The second-order valence-corrected chi connectivity index (χ2v) is 5.92. The topological polar surface area (TPSA) is 81.2 Å². The molecule has 0 saturated carbocycles. The fourth-order valence-corrected chi connectivity index (χ4v) is 2.39. The predicted molar refractivity (Wildman–Crippen MR) is 80.7 cm³/mol. The Labute approximate surface area is 124 Å². The van der Waals surface area contributed by atoms with Gasteiger partial charge in [-0.3, -0.25) is 4.79 Å². The van der Waals surface area contributed by atoms with Gasteiger partial charge in [-0.05, 0) is 27.7 Å². The average Bonchev–Trinajstić information content (AvgIpc) is 2.60. The van der Waals surface area contributed by atoms with Crippen molar-refractivity contribution >= 4 is 30.1 Å². The Morgan fingerprint density at radius 1 is 1.47 bits per heavy atom. The lowest BCUT2D eigenvalue weighted by Crippen LogP contribution is -2.49. The molecule has 7 heteroatoms. The Hall–Kier alpha value is -0.720. The first-order valence-electron chi connectivity index (χ1n) is 5.86. The lowest BCUT2D eigenvalue weighted by molar-refractivity contribution is -0.120. The number of carbonyl (C=O) groups excluding carboxylic acids is 1. The smallest absolute Gasteiger partial charge is 0.230 e. The van der Waals surface area contributed by atoms with Crippen molar-refractivity contribution in [3.8, 4) is 0 Å². The third kappa shape index (κ3) is 5.84. The van der Waals surface area contributed by atoms with Gasteiger partial charge in [0.2, 0.25) is 5.91 Å². The molecule has 110 valence electrons. The van der Waals surface area contributed by atoms with Crippen molar-refractivity contribution in [1.29, 1.82) is 0 Å². The Morgan fingerprint density at radius 3 is 2.58 bits per heavy atom. The number of rotatable bonds is 6. The van der Waals surface area contributed by atoms with Gasteiger partial charge >= 0.3 is 0 Å². The minimum atomic E-state index is -0.347. The van der Waals surface area contributed by atoms with Crippen molar-refractivity contribution in [2.75, 3.05) is 12.3 Å². The molecule has 0 bridgehead atoms. The molecule has 0 aliphatic rings. The van der Waals surface area contributed by atoms with Gasteiger partial charge < -0.3 is 15.6 Å². The zero-order valence-electron chi connectivity index (χ0n) is 11.8. The first kappa shape index (κ1) is 18.3. The van der Waals surface area contributed by atoms with Crippen LogP contribution in [0.4, 0.5) is 0 Å². The van der Waals surface area contributed by atoms with Gasteiger partial charge in [-0.1, -0.05) is 5.16 Å². The highest BCUT2D eigenvalue weighted by molar-refractivity contribution is 7.99. The van der Waals surface area contributed by atoms with E-state index in [4.69, 9.17) is 10.3 Å². The van der Waals surface area contributed by atoms with E-state index in [1.807, 2.05) is 27.7 Å². The Morgan fingerprint density at radius 2 is 2.11 bits per heavy atom. The van der Waals surface area contributed by atoms with Crippen molar-refractivity contribution in [2.24, 2.45) is 5.73 Å². The van der Waals surface area contributed by atoms with Crippen LogP contribution in [0.1, 0.15) is 30.9 Å². The van der Waals surface area contributed by atoms with Gasteiger partial charge in [-0.15, -0.1) is 24.2 Å². The van der Waals surface area contributed by atoms with Crippen LogP contribution in [0.15, 0.2) is 4.52 Å². The van der Waals surface area contributed by atoms with E-state index in [1.54, 1.807) is 11.8 Å². The van der Waals surface area contributed by atoms with Gasteiger partial charge in [0, 0.05) is 23.4 Å². The molecule has 0 unspecified atom stereocenters. The van der Waals surface area contributed by atoms with Gasteiger partial charge in [0.1, 0.15) is 5.76 Å². The number of aryl methyl sites for hydroxylation is 2. The summed E-state index contributed by atoms with van der Waals surface area (Å²) in [5.41, 5.74) is 7.18. The summed E-state index contributed by atoms with van der Waals surface area (Å²) >= 11 is 1.55. The Balaban J connectivity index is 0.00000324. The molecule has 0 radical (unpaired) electrons. The standard InChI is InChI=1S/C12H21N3O2S.ClH/c1-8-10(9(2)17-15-8)5-18-6-11(16)14-12(3,4)7-13;/h5-7,13H2,1-4H3,(H,14,16);1H. The molecule has 3 N–H and O–H groups in total. The van der Waals surface area contributed by atoms with Crippen molar-refractivity contribution in [3.63, 3.8) is 0 Å². The molecule has 1 rings (SSSR count). The van der Waals surface area contributed by atoms with Crippen LogP contribution in [0.5, 0.6) is 0 Å².